The number of aryl methyl sites for hydroxylation is 1. The number of thioether (sulfide) groups is 1. The number of carbonyl (C=O) groups is 1. The topological polar surface area (TPSA) is 81.1 Å². The highest BCUT2D eigenvalue weighted by Gasteiger charge is 2.32. The Morgan fingerprint density at radius 1 is 1.41 bits per heavy atom. The van der Waals surface area contributed by atoms with Crippen LogP contribution >= 0.6 is 11.8 Å². The zero-order chi connectivity index (χ0) is 21.4. The highest BCUT2D eigenvalue weighted by Crippen LogP contribution is 2.34. The lowest BCUT2D eigenvalue weighted by atomic mass is 10.2. The number of benzene rings is 1. The van der Waals surface area contributed by atoms with Gasteiger partial charge in [0.1, 0.15) is 0 Å². The Morgan fingerprint density at radius 2 is 2.14 bits per heavy atom. The van der Waals surface area contributed by atoms with E-state index in [1.807, 2.05) is 6.92 Å². The van der Waals surface area contributed by atoms with Crippen molar-refractivity contribution in [1.29, 1.82) is 0 Å². The Balaban J connectivity index is 1.81. The van der Waals surface area contributed by atoms with E-state index in [0.29, 0.717) is 35.6 Å². The number of fused-ring (bicyclic) bond motifs is 1. The standard InChI is InChI=1S/C18H22F3N3O3S2/c1-3-7-24-15-9-12(18(19,20)21)4-5-14(15)23-17(24)28-11(2)16(25)22-13-6-8-29(26,27)10-13/h4-5,9,11,13H,3,6-8,10H2,1-2H3,(H,22,25)/t11-,13+/m1/s1. The SMILES string of the molecule is CCCn1c(S[C@H](C)C(=O)N[C@H]2CCS(=O)(=O)C2)nc2ccc(C(F)(F)F)cc21. The summed E-state index contributed by atoms with van der Waals surface area (Å²) in [4.78, 5) is 16.9. The van der Waals surface area contributed by atoms with Gasteiger partial charge in [-0.2, -0.15) is 13.2 Å². The average molecular weight is 450 g/mol. The van der Waals surface area contributed by atoms with Crippen molar-refractivity contribution in [2.75, 3.05) is 11.5 Å². The number of hydrogen-bond acceptors (Lipinski definition) is 5. The van der Waals surface area contributed by atoms with Crippen LogP contribution in [0.25, 0.3) is 11.0 Å². The molecule has 29 heavy (non-hydrogen) atoms. The summed E-state index contributed by atoms with van der Waals surface area (Å²) in [6, 6.07) is 3.01. The first-order valence-electron chi connectivity index (χ1n) is 9.25. The number of nitrogens with zero attached hydrogens (tertiary/aromatic N) is 2. The van der Waals surface area contributed by atoms with E-state index in [0.717, 1.165) is 23.9 Å². The van der Waals surface area contributed by atoms with Gasteiger partial charge in [0, 0.05) is 12.6 Å². The molecule has 1 N–H and O–H groups in total. The van der Waals surface area contributed by atoms with Crippen LogP contribution < -0.4 is 5.32 Å². The van der Waals surface area contributed by atoms with E-state index in [9.17, 15) is 26.4 Å². The zero-order valence-corrected chi connectivity index (χ0v) is 17.6. The first-order valence-corrected chi connectivity index (χ1v) is 11.9. The van der Waals surface area contributed by atoms with Crippen LogP contribution in [0.4, 0.5) is 13.2 Å². The fourth-order valence-electron chi connectivity index (χ4n) is 3.25. The maximum Gasteiger partial charge on any atom is 0.416 e. The number of aromatic nitrogens is 2. The summed E-state index contributed by atoms with van der Waals surface area (Å²) >= 11 is 1.15. The summed E-state index contributed by atoms with van der Waals surface area (Å²) in [5.74, 6) is -0.318. The Hall–Kier alpha value is -1.75. The summed E-state index contributed by atoms with van der Waals surface area (Å²) in [5.41, 5.74) is 0.0640. The molecule has 1 aromatic carbocycles. The monoisotopic (exact) mass is 449 g/mol. The minimum atomic E-state index is -4.45. The van der Waals surface area contributed by atoms with E-state index in [1.54, 1.807) is 11.5 Å². The first-order chi connectivity index (χ1) is 13.5. The number of halogens is 3. The first kappa shape index (κ1) is 21.9. The molecule has 0 unspecified atom stereocenters. The van der Waals surface area contributed by atoms with Crippen molar-refractivity contribution in [3.05, 3.63) is 23.8 Å². The molecule has 1 aliphatic heterocycles. The number of amides is 1. The normalized spacial score (nSPS) is 20.1. The lowest BCUT2D eigenvalue weighted by Crippen LogP contribution is -2.40. The molecule has 1 aliphatic rings. The van der Waals surface area contributed by atoms with Gasteiger partial charge in [0.2, 0.25) is 5.91 Å². The average Bonchev–Trinajstić information content (AvgIpc) is 3.13. The molecule has 0 spiro atoms. The number of sulfone groups is 1. The Morgan fingerprint density at radius 3 is 2.72 bits per heavy atom. The van der Waals surface area contributed by atoms with Gasteiger partial charge in [-0.05, 0) is 38.0 Å². The number of carbonyl (C=O) groups excluding carboxylic acids is 1. The van der Waals surface area contributed by atoms with Crippen molar-refractivity contribution < 1.29 is 26.4 Å². The van der Waals surface area contributed by atoms with Crippen molar-refractivity contribution in [3.63, 3.8) is 0 Å². The van der Waals surface area contributed by atoms with Crippen molar-refractivity contribution in [1.82, 2.24) is 14.9 Å². The summed E-state index contributed by atoms with van der Waals surface area (Å²) < 4.78 is 64.0. The highest BCUT2D eigenvalue weighted by molar-refractivity contribution is 8.00. The van der Waals surface area contributed by atoms with Crippen LogP contribution in [0.3, 0.4) is 0 Å². The lowest BCUT2D eigenvalue weighted by Gasteiger charge is -2.16. The van der Waals surface area contributed by atoms with Crippen LogP contribution in [0.2, 0.25) is 0 Å². The number of nitrogens with one attached hydrogen (secondary N) is 1. The number of imidazole rings is 1. The van der Waals surface area contributed by atoms with Crippen molar-refractivity contribution >= 4 is 38.5 Å². The molecule has 1 saturated heterocycles. The van der Waals surface area contributed by atoms with Gasteiger partial charge in [0.05, 0.1) is 33.4 Å². The van der Waals surface area contributed by atoms with Crippen molar-refractivity contribution in [2.24, 2.45) is 0 Å². The molecular weight excluding hydrogens is 427 g/mol. The Kier molecular flexibility index (Phi) is 6.19. The second kappa shape index (κ2) is 8.17. The Bertz CT molecular complexity index is 1020. The van der Waals surface area contributed by atoms with Crippen molar-refractivity contribution in [3.8, 4) is 0 Å². The van der Waals surface area contributed by atoms with E-state index < -0.39 is 32.9 Å². The summed E-state index contributed by atoms with van der Waals surface area (Å²) in [6.45, 7) is 4.04. The molecule has 1 fully saturated rings. The fraction of sp³-hybridized carbons (Fsp3) is 0.556. The van der Waals surface area contributed by atoms with Gasteiger partial charge in [-0.25, -0.2) is 13.4 Å². The number of hydrogen-bond donors (Lipinski definition) is 1. The highest BCUT2D eigenvalue weighted by atomic mass is 32.2. The maximum absolute atomic E-state index is 13.1. The van der Waals surface area contributed by atoms with Gasteiger partial charge in [0.15, 0.2) is 15.0 Å². The molecule has 0 aliphatic carbocycles. The maximum atomic E-state index is 13.1. The van der Waals surface area contributed by atoms with Crippen LogP contribution in [-0.2, 0) is 27.4 Å². The fourth-order valence-corrected chi connectivity index (χ4v) is 5.88. The summed E-state index contributed by atoms with van der Waals surface area (Å²) in [5, 5.41) is 2.63. The third kappa shape index (κ3) is 5.06. The summed E-state index contributed by atoms with van der Waals surface area (Å²) in [7, 11) is -3.10. The predicted octanol–water partition coefficient (Wildman–Crippen LogP) is 3.25. The third-order valence-corrected chi connectivity index (χ3v) is 7.58. The minimum Gasteiger partial charge on any atom is -0.351 e. The number of rotatable bonds is 6. The van der Waals surface area contributed by atoms with E-state index in [2.05, 4.69) is 10.3 Å². The molecular formula is C18H22F3N3O3S2. The van der Waals surface area contributed by atoms with Crippen LogP contribution in [-0.4, -0.2) is 46.7 Å². The van der Waals surface area contributed by atoms with Crippen molar-refractivity contribution in [2.45, 2.75) is 55.9 Å². The molecule has 0 radical (unpaired) electrons. The van der Waals surface area contributed by atoms with Crippen LogP contribution in [0, 0.1) is 0 Å². The van der Waals surface area contributed by atoms with Gasteiger partial charge in [-0.3, -0.25) is 4.79 Å². The molecule has 6 nitrogen and oxygen atoms in total. The molecule has 0 bridgehead atoms. The van der Waals surface area contributed by atoms with Gasteiger partial charge in [0.25, 0.3) is 0 Å². The van der Waals surface area contributed by atoms with E-state index >= 15 is 0 Å². The molecule has 0 saturated carbocycles. The van der Waals surface area contributed by atoms with Gasteiger partial charge in [-0.15, -0.1) is 0 Å². The van der Waals surface area contributed by atoms with Gasteiger partial charge >= 0.3 is 6.18 Å². The van der Waals surface area contributed by atoms with E-state index in [1.165, 1.54) is 6.07 Å². The smallest absolute Gasteiger partial charge is 0.351 e. The third-order valence-electron chi connectivity index (χ3n) is 4.72. The van der Waals surface area contributed by atoms with Crippen LogP contribution in [0.5, 0.6) is 0 Å². The van der Waals surface area contributed by atoms with Crippen LogP contribution in [0.15, 0.2) is 23.4 Å². The van der Waals surface area contributed by atoms with Gasteiger partial charge in [-0.1, -0.05) is 18.7 Å². The molecule has 2 heterocycles. The zero-order valence-electron chi connectivity index (χ0n) is 16.0. The minimum absolute atomic E-state index is 0.0628. The van der Waals surface area contributed by atoms with Crippen LogP contribution in [0.1, 0.15) is 32.3 Å². The molecule has 3 rings (SSSR count). The second-order valence-corrected chi connectivity index (χ2v) is 10.7. The molecule has 2 atom stereocenters. The largest absolute Gasteiger partial charge is 0.416 e. The molecule has 11 heteroatoms. The summed E-state index contributed by atoms with van der Waals surface area (Å²) in [6.07, 6.45) is -3.37. The second-order valence-electron chi connectivity index (χ2n) is 7.12. The molecule has 1 amide bonds. The van der Waals surface area contributed by atoms with Gasteiger partial charge < -0.3 is 9.88 Å². The van der Waals surface area contributed by atoms with E-state index in [4.69, 9.17) is 0 Å². The quantitative estimate of drug-likeness (QED) is 0.685. The molecule has 1 aromatic heterocycles. The van der Waals surface area contributed by atoms with E-state index in [-0.39, 0.29) is 17.4 Å². The molecule has 160 valence electrons. The predicted molar refractivity (Wildman–Crippen MR) is 106 cm³/mol. The Labute approximate surface area is 171 Å². The molecule has 2 aromatic rings. The number of alkyl halides is 3. The lowest BCUT2D eigenvalue weighted by molar-refractivity contribution is -0.137.